The second kappa shape index (κ2) is 5.54. The molecule has 0 bridgehead atoms. The first-order valence-corrected chi connectivity index (χ1v) is 6.64. The van der Waals surface area contributed by atoms with Crippen molar-refractivity contribution in [2.75, 3.05) is 19.6 Å². The van der Waals surface area contributed by atoms with Crippen LogP contribution in [0.4, 0.5) is 0 Å². The first-order valence-electron chi connectivity index (χ1n) is 6.64. The summed E-state index contributed by atoms with van der Waals surface area (Å²) in [5.74, 6) is 2.35. The molecule has 19 heavy (non-hydrogen) atoms. The van der Waals surface area contributed by atoms with E-state index < -0.39 is 0 Å². The lowest BCUT2D eigenvalue weighted by Gasteiger charge is -2.30. The lowest BCUT2D eigenvalue weighted by Crippen LogP contribution is -2.35. The molecule has 6 nitrogen and oxygen atoms in total. The molecule has 1 saturated heterocycles. The summed E-state index contributed by atoms with van der Waals surface area (Å²) in [6.45, 7) is 3.57. The molecule has 1 aliphatic heterocycles. The minimum absolute atomic E-state index is 0.442. The fourth-order valence-electron chi connectivity index (χ4n) is 2.39. The number of piperidine rings is 1. The molecule has 0 saturated carbocycles. The molecule has 3 rings (SSSR count). The van der Waals surface area contributed by atoms with Gasteiger partial charge in [0, 0.05) is 0 Å². The Morgan fingerprint density at radius 3 is 2.84 bits per heavy atom. The second-order valence-electron chi connectivity index (χ2n) is 4.93. The van der Waals surface area contributed by atoms with E-state index >= 15 is 0 Å². The van der Waals surface area contributed by atoms with Crippen molar-refractivity contribution in [2.24, 2.45) is 11.7 Å². The number of hydrogen-bond donors (Lipinski definition) is 1. The molecule has 0 spiro atoms. The molecule has 1 aliphatic rings. The van der Waals surface area contributed by atoms with Gasteiger partial charge in [-0.25, -0.2) is 0 Å². The van der Waals surface area contributed by atoms with Gasteiger partial charge in [-0.2, -0.15) is 0 Å². The summed E-state index contributed by atoms with van der Waals surface area (Å²) in [5, 5.41) is 8.06. The first-order chi connectivity index (χ1) is 9.35. The Morgan fingerprint density at radius 2 is 2.16 bits per heavy atom. The summed E-state index contributed by atoms with van der Waals surface area (Å²) < 4.78 is 10.8. The van der Waals surface area contributed by atoms with Crippen molar-refractivity contribution in [3.63, 3.8) is 0 Å². The average Bonchev–Trinajstić information content (AvgIpc) is 3.10. The van der Waals surface area contributed by atoms with E-state index in [2.05, 4.69) is 15.1 Å². The zero-order valence-corrected chi connectivity index (χ0v) is 10.8. The van der Waals surface area contributed by atoms with E-state index in [1.807, 2.05) is 6.07 Å². The topological polar surface area (TPSA) is 81.3 Å². The third-order valence-corrected chi connectivity index (χ3v) is 3.60. The Kier molecular flexibility index (Phi) is 3.61. The van der Waals surface area contributed by atoms with Crippen LogP contribution in [-0.4, -0.2) is 34.7 Å². The SMILES string of the molecule is NCC1CCN(Cc2nnc(-c3ccco3)o2)CC1. The lowest BCUT2D eigenvalue weighted by atomic mass is 9.97. The molecule has 2 aromatic rings. The number of nitrogens with two attached hydrogens (primary N) is 1. The maximum absolute atomic E-state index is 5.69. The van der Waals surface area contributed by atoms with Crippen molar-refractivity contribution in [3.05, 3.63) is 24.3 Å². The minimum Gasteiger partial charge on any atom is -0.459 e. The number of aromatic nitrogens is 2. The predicted molar refractivity (Wildman–Crippen MR) is 69.1 cm³/mol. The van der Waals surface area contributed by atoms with Crippen molar-refractivity contribution < 1.29 is 8.83 Å². The van der Waals surface area contributed by atoms with E-state index in [1.54, 1.807) is 12.3 Å². The molecular weight excluding hydrogens is 244 g/mol. The summed E-state index contributed by atoms with van der Waals surface area (Å²) in [6.07, 6.45) is 3.89. The zero-order valence-electron chi connectivity index (χ0n) is 10.8. The Balaban J connectivity index is 1.59. The highest BCUT2D eigenvalue weighted by Gasteiger charge is 2.20. The number of hydrogen-bond acceptors (Lipinski definition) is 6. The molecule has 0 aliphatic carbocycles. The summed E-state index contributed by atoms with van der Waals surface area (Å²) >= 11 is 0. The Morgan fingerprint density at radius 1 is 1.32 bits per heavy atom. The van der Waals surface area contributed by atoms with Crippen molar-refractivity contribution in [2.45, 2.75) is 19.4 Å². The highest BCUT2D eigenvalue weighted by molar-refractivity contribution is 5.42. The third-order valence-electron chi connectivity index (χ3n) is 3.60. The predicted octanol–water partition coefficient (Wildman–Crippen LogP) is 1.50. The van der Waals surface area contributed by atoms with E-state index in [1.165, 1.54) is 0 Å². The van der Waals surface area contributed by atoms with Gasteiger partial charge in [0.05, 0.1) is 12.8 Å². The lowest BCUT2D eigenvalue weighted by molar-refractivity contribution is 0.167. The fraction of sp³-hybridized carbons (Fsp3) is 0.538. The molecule has 0 radical (unpaired) electrons. The monoisotopic (exact) mass is 262 g/mol. The van der Waals surface area contributed by atoms with E-state index in [4.69, 9.17) is 14.6 Å². The van der Waals surface area contributed by atoms with Crippen LogP contribution in [0.15, 0.2) is 27.2 Å². The van der Waals surface area contributed by atoms with Gasteiger partial charge in [-0.1, -0.05) is 0 Å². The summed E-state index contributed by atoms with van der Waals surface area (Å²) in [7, 11) is 0. The van der Waals surface area contributed by atoms with E-state index in [-0.39, 0.29) is 0 Å². The van der Waals surface area contributed by atoms with Gasteiger partial charge < -0.3 is 14.6 Å². The Bertz CT molecular complexity index is 500. The van der Waals surface area contributed by atoms with Gasteiger partial charge >= 0.3 is 0 Å². The average molecular weight is 262 g/mol. The molecule has 2 N–H and O–H groups in total. The van der Waals surface area contributed by atoms with Crippen molar-refractivity contribution >= 4 is 0 Å². The van der Waals surface area contributed by atoms with Crippen LogP contribution in [0, 0.1) is 5.92 Å². The summed E-state index contributed by atoms with van der Waals surface area (Å²) in [6, 6.07) is 3.61. The van der Waals surface area contributed by atoms with Gasteiger partial charge in [-0.15, -0.1) is 10.2 Å². The Hall–Kier alpha value is -1.66. The number of likely N-dealkylation sites (tertiary alicyclic amines) is 1. The highest BCUT2D eigenvalue weighted by Crippen LogP contribution is 2.20. The molecular formula is C13H18N4O2. The summed E-state index contributed by atoms with van der Waals surface area (Å²) in [4.78, 5) is 2.32. The van der Waals surface area contributed by atoms with Gasteiger partial charge in [-0.05, 0) is 50.5 Å². The number of furan rings is 1. The van der Waals surface area contributed by atoms with Crippen LogP contribution in [-0.2, 0) is 6.54 Å². The van der Waals surface area contributed by atoms with Crippen LogP contribution in [0.1, 0.15) is 18.7 Å². The summed E-state index contributed by atoms with van der Waals surface area (Å²) in [5.41, 5.74) is 5.69. The maximum atomic E-state index is 5.69. The molecule has 0 aromatic carbocycles. The standard InChI is InChI=1S/C13H18N4O2/c14-8-10-3-5-17(6-4-10)9-12-15-16-13(19-12)11-2-1-7-18-11/h1-2,7,10H,3-6,8-9,14H2. The Labute approximate surface area is 111 Å². The van der Waals surface area contributed by atoms with Crippen LogP contribution in [0.3, 0.4) is 0 Å². The van der Waals surface area contributed by atoms with Crippen LogP contribution >= 0.6 is 0 Å². The molecule has 0 amide bonds. The van der Waals surface area contributed by atoms with Gasteiger partial charge in [0.1, 0.15) is 0 Å². The molecule has 0 unspecified atom stereocenters. The van der Waals surface area contributed by atoms with Crippen LogP contribution < -0.4 is 5.73 Å². The van der Waals surface area contributed by atoms with Crippen LogP contribution in [0.25, 0.3) is 11.7 Å². The van der Waals surface area contributed by atoms with E-state index in [0.29, 0.717) is 30.0 Å². The highest BCUT2D eigenvalue weighted by atomic mass is 16.4. The zero-order chi connectivity index (χ0) is 13.1. The fourth-order valence-corrected chi connectivity index (χ4v) is 2.39. The first kappa shape index (κ1) is 12.4. The second-order valence-corrected chi connectivity index (χ2v) is 4.93. The largest absolute Gasteiger partial charge is 0.459 e. The third kappa shape index (κ3) is 2.85. The van der Waals surface area contributed by atoms with Gasteiger partial charge in [0.2, 0.25) is 5.89 Å². The van der Waals surface area contributed by atoms with Crippen molar-refractivity contribution in [1.29, 1.82) is 0 Å². The van der Waals surface area contributed by atoms with Crippen molar-refractivity contribution in [3.8, 4) is 11.7 Å². The number of nitrogens with zero attached hydrogens (tertiary/aromatic N) is 3. The maximum Gasteiger partial charge on any atom is 0.283 e. The molecule has 3 heterocycles. The minimum atomic E-state index is 0.442. The number of rotatable bonds is 4. The molecule has 1 fully saturated rings. The normalized spacial score (nSPS) is 17.9. The smallest absolute Gasteiger partial charge is 0.283 e. The van der Waals surface area contributed by atoms with E-state index in [0.717, 1.165) is 32.5 Å². The van der Waals surface area contributed by atoms with Crippen LogP contribution in [0.5, 0.6) is 0 Å². The molecule has 0 atom stereocenters. The van der Waals surface area contributed by atoms with Gasteiger partial charge in [0.15, 0.2) is 5.76 Å². The van der Waals surface area contributed by atoms with Crippen molar-refractivity contribution in [1.82, 2.24) is 15.1 Å². The molecule has 2 aromatic heterocycles. The molecule has 6 heteroatoms. The quantitative estimate of drug-likeness (QED) is 0.899. The van der Waals surface area contributed by atoms with Gasteiger partial charge in [-0.3, -0.25) is 4.90 Å². The van der Waals surface area contributed by atoms with E-state index in [9.17, 15) is 0 Å². The van der Waals surface area contributed by atoms with Gasteiger partial charge in [0.25, 0.3) is 5.89 Å². The molecule has 102 valence electrons. The van der Waals surface area contributed by atoms with Crippen LogP contribution in [0.2, 0.25) is 0 Å².